The van der Waals surface area contributed by atoms with Crippen molar-refractivity contribution in [1.82, 2.24) is 0 Å². The topological polar surface area (TPSA) is 237 Å². The monoisotopic (exact) mass is 1300 g/mol. The van der Waals surface area contributed by atoms with Crippen molar-refractivity contribution in [3.63, 3.8) is 0 Å². The number of ether oxygens (including phenoxy) is 4. The van der Waals surface area contributed by atoms with Gasteiger partial charge in [-0.05, 0) is 49.4 Å². The zero-order valence-corrected chi connectivity index (χ0v) is 59.1. The summed E-state index contributed by atoms with van der Waals surface area (Å²) in [7, 11) is -9.90. The second-order valence-corrected chi connectivity index (χ2v) is 29.5. The van der Waals surface area contributed by atoms with Crippen molar-refractivity contribution in [3.8, 4) is 0 Å². The van der Waals surface area contributed by atoms with E-state index in [0.717, 1.165) is 114 Å². The van der Waals surface area contributed by atoms with Crippen molar-refractivity contribution in [3.05, 3.63) is 0 Å². The molecule has 0 aliphatic heterocycles. The molecule has 0 rings (SSSR count). The van der Waals surface area contributed by atoms with Gasteiger partial charge in [0.1, 0.15) is 19.3 Å². The summed E-state index contributed by atoms with van der Waals surface area (Å²) in [5.74, 6) is 0.808. The van der Waals surface area contributed by atoms with Crippen molar-refractivity contribution in [2.45, 2.75) is 356 Å². The summed E-state index contributed by atoms with van der Waals surface area (Å²) in [5.41, 5.74) is 0. The highest BCUT2D eigenvalue weighted by Crippen LogP contribution is 2.45. The van der Waals surface area contributed by atoms with Gasteiger partial charge in [0, 0.05) is 25.7 Å². The lowest BCUT2D eigenvalue weighted by molar-refractivity contribution is -0.161. The first-order chi connectivity index (χ1) is 42.1. The molecule has 0 aliphatic carbocycles. The quantitative estimate of drug-likeness (QED) is 0.0222. The zero-order chi connectivity index (χ0) is 65.4. The van der Waals surface area contributed by atoms with Gasteiger partial charge in [-0.25, -0.2) is 9.13 Å². The number of aliphatic hydroxyl groups is 1. The minimum absolute atomic E-state index is 0.102. The van der Waals surface area contributed by atoms with Gasteiger partial charge < -0.3 is 33.8 Å². The Labute approximate surface area is 537 Å². The standard InChI is InChI=1S/C69H134O17P2/c1-9-62(8)48-40-32-26-28-34-42-50-67(72)80-56-64(85-68(73)51-43-35-24-20-16-15-18-22-30-38-46-60(4)5)57-83-87(75,76)81-53-63(70)54-82-88(77,78)84-58-65(86-69(74)52-44-36-27-25-31-39-47-61(6)7)55-79-66(71)49-41-33-23-19-14-12-10-11-13-17-21-29-37-45-59(2)3/h59-65,70H,9-58H2,1-8H3,(H,75,76)(H,77,78)/t62?,63-,64+,65+/m0/s1. The van der Waals surface area contributed by atoms with Crippen LogP contribution in [0.3, 0.4) is 0 Å². The van der Waals surface area contributed by atoms with Crippen LogP contribution in [0.2, 0.25) is 0 Å². The first-order valence-electron chi connectivity index (χ1n) is 35.7. The second kappa shape index (κ2) is 58.8. The number of aliphatic hydroxyl groups excluding tert-OH is 1. The summed E-state index contributed by atoms with van der Waals surface area (Å²) in [6.07, 6.45) is 40.5. The Hall–Kier alpha value is -1.94. The van der Waals surface area contributed by atoms with Crippen LogP contribution in [0.15, 0.2) is 0 Å². The number of rotatable bonds is 66. The maximum Gasteiger partial charge on any atom is 0.472 e. The van der Waals surface area contributed by atoms with E-state index in [4.69, 9.17) is 37.0 Å². The molecule has 0 saturated heterocycles. The van der Waals surface area contributed by atoms with E-state index in [9.17, 15) is 43.2 Å². The number of phosphoric ester groups is 2. The first-order valence-corrected chi connectivity index (χ1v) is 38.7. The molecule has 0 aromatic carbocycles. The maximum atomic E-state index is 13.0. The zero-order valence-electron chi connectivity index (χ0n) is 57.3. The summed E-state index contributed by atoms with van der Waals surface area (Å²) in [6, 6.07) is 0. The molecule has 3 N–H and O–H groups in total. The second-order valence-electron chi connectivity index (χ2n) is 26.6. The van der Waals surface area contributed by atoms with Gasteiger partial charge >= 0.3 is 39.5 Å². The van der Waals surface area contributed by atoms with Crippen LogP contribution < -0.4 is 0 Å². The van der Waals surface area contributed by atoms with Crippen LogP contribution in [0, 0.1) is 23.7 Å². The molecule has 19 heteroatoms. The Morgan fingerprint density at radius 2 is 0.545 bits per heavy atom. The lowest BCUT2D eigenvalue weighted by Gasteiger charge is -2.21. The van der Waals surface area contributed by atoms with Crippen molar-refractivity contribution in [1.29, 1.82) is 0 Å². The molecule has 0 fully saturated rings. The highest BCUT2D eigenvalue weighted by atomic mass is 31.2. The maximum absolute atomic E-state index is 13.0. The lowest BCUT2D eigenvalue weighted by Crippen LogP contribution is -2.30. The molecule has 0 aliphatic rings. The molecule has 0 amide bonds. The average molecular weight is 1300 g/mol. The fourth-order valence-electron chi connectivity index (χ4n) is 10.3. The molecule has 17 nitrogen and oxygen atoms in total. The smallest absolute Gasteiger partial charge is 0.462 e. The van der Waals surface area contributed by atoms with Crippen LogP contribution in [0.5, 0.6) is 0 Å². The van der Waals surface area contributed by atoms with Crippen molar-refractivity contribution >= 4 is 39.5 Å². The molecular weight excluding hydrogens is 1160 g/mol. The molecule has 0 heterocycles. The summed E-state index contributed by atoms with van der Waals surface area (Å²) in [6.45, 7) is 14.0. The van der Waals surface area contributed by atoms with E-state index >= 15 is 0 Å². The van der Waals surface area contributed by atoms with Gasteiger partial charge in [-0.3, -0.25) is 37.3 Å². The Morgan fingerprint density at radius 3 is 0.807 bits per heavy atom. The Kier molecular flexibility index (Phi) is 57.6. The number of esters is 4. The predicted octanol–water partition coefficient (Wildman–Crippen LogP) is 19.3. The van der Waals surface area contributed by atoms with E-state index in [1.54, 1.807) is 0 Å². The minimum Gasteiger partial charge on any atom is -0.462 e. The Morgan fingerprint density at radius 1 is 0.318 bits per heavy atom. The summed E-state index contributed by atoms with van der Waals surface area (Å²) in [5, 5.41) is 10.6. The van der Waals surface area contributed by atoms with E-state index in [0.29, 0.717) is 31.6 Å². The van der Waals surface area contributed by atoms with Gasteiger partial charge in [-0.15, -0.1) is 0 Å². The minimum atomic E-state index is -4.95. The van der Waals surface area contributed by atoms with Gasteiger partial charge in [-0.1, -0.05) is 287 Å². The molecule has 0 spiro atoms. The van der Waals surface area contributed by atoms with E-state index in [1.807, 2.05) is 0 Å². The fraction of sp³-hybridized carbons (Fsp3) is 0.942. The van der Waals surface area contributed by atoms with E-state index in [2.05, 4.69) is 55.4 Å². The van der Waals surface area contributed by atoms with Gasteiger partial charge in [0.15, 0.2) is 12.2 Å². The lowest BCUT2D eigenvalue weighted by atomic mass is 10.00. The van der Waals surface area contributed by atoms with Crippen molar-refractivity contribution < 1.29 is 80.2 Å². The van der Waals surface area contributed by atoms with Crippen LogP contribution in [-0.2, 0) is 65.4 Å². The van der Waals surface area contributed by atoms with Crippen LogP contribution in [0.25, 0.3) is 0 Å². The normalized spacial score (nSPS) is 14.6. The number of hydrogen-bond donors (Lipinski definition) is 3. The SMILES string of the molecule is CCC(C)CCCCCCCCC(=O)OC[C@H](COP(=O)(O)OC[C@H](O)COP(=O)(O)OC[C@@H](COC(=O)CCCCCCCCCCCCCCCC(C)C)OC(=O)CCCCCCCCC(C)C)OC(=O)CCCCCCCCCCCCC(C)C. The molecule has 0 bridgehead atoms. The summed E-state index contributed by atoms with van der Waals surface area (Å²) >= 11 is 0. The molecule has 0 saturated carbocycles. The molecule has 0 aromatic rings. The molecule has 0 aromatic heterocycles. The van der Waals surface area contributed by atoms with E-state index in [1.165, 1.54) is 135 Å². The Balaban J connectivity index is 5.21. The fourth-order valence-corrected chi connectivity index (χ4v) is 11.9. The number of phosphoric acid groups is 2. The first kappa shape index (κ1) is 86.1. The molecular formula is C69H134O17P2. The molecule has 522 valence electrons. The van der Waals surface area contributed by atoms with Gasteiger partial charge in [0.2, 0.25) is 0 Å². The number of unbranched alkanes of at least 4 members (excludes halogenated alkanes) is 31. The number of carbonyl (C=O) groups excluding carboxylic acids is 4. The summed E-state index contributed by atoms with van der Waals surface area (Å²) in [4.78, 5) is 72.4. The highest BCUT2D eigenvalue weighted by molar-refractivity contribution is 7.47. The van der Waals surface area contributed by atoms with Crippen LogP contribution in [-0.4, -0.2) is 96.7 Å². The number of carbonyl (C=O) groups is 4. The molecule has 88 heavy (non-hydrogen) atoms. The van der Waals surface area contributed by atoms with E-state index in [-0.39, 0.29) is 25.7 Å². The van der Waals surface area contributed by atoms with Crippen LogP contribution in [0.1, 0.15) is 338 Å². The average Bonchev–Trinajstić information content (AvgIpc) is 3.69. The van der Waals surface area contributed by atoms with Crippen LogP contribution in [0.4, 0.5) is 0 Å². The third-order valence-corrected chi connectivity index (χ3v) is 18.1. The number of hydrogen-bond acceptors (Lipinski definition) is 15. The van der Waals surface area contributed by atoms with E-state index < -0.39 is 97.5 Å². The van der Waals surface area contributed by atoms with Gasteiger partial charge in [0.05, 0.1) is 26.4 Å². The predicted molar refractivity (Wildman–Crippen MR) is 354 cm³/mol. The van der Waals surface area contributed by atoms with Gasteiger partial charge in [-0.2, -0.15) is 0 Å². The third-order valence-electron chi connectivity index (χ3n) is 16.2. The highest BCUT2D eigenvalue weighted by Gasteiger charge is 2.30. The van der Waals surface area contributed by atoms with Gasteiger partial charge in [0.25, 0.3) is 0 Å². The Bertz CT molecular complexity index is 1750. The van der Waals surface area contributed by atoms with Crippen molar-refractivity contribution in [2.75, 3.05) is 39.6 Å². The third kappa shape index (κ3) is 61.6. The molecule has 0 radical (unpaired) electrons. The summed E-state index contributed by atoms with van der Waals surface area (Å²) < 4.78 is 68.2. The van der Waals surface area contributed by atoms with Crippen LogP contribution >= 0.6 is 15.6 Å². The molecule has 3 unspecified atom stereocenters. The largest absolute Gasteiger partial charge is 0.472 e. The molecule has 6 atom stereocenters. The van der Waals surface area contributed by atoms with Crippen molar-refractivity contribution in [2.24, 2.45) is 23.7 Å².